The molecule has 2 aliphatic carbocycles. The van der Waals surface area contributed by atoms with Gasteiger partial charge in [0.05, 0.1) is 0 Å². The zero-order valence-electron chi connectivity index (χ0n) is 17.3. The first-order chi connectivity index (χ1) is 13.0. The Bertz CT molecular complexity index is 939. The Hall–Kier alpha value is -1.19. The predicted octanol–water partition coefficient (Wildman–Crippen LogP) is 1.20. The van der Waals surface area contributed by atoms with Crippen LogP contribution in [-0.4, -0.2) is 0 Å². The largest absolute Gasteiger partial charge is 1.00 e. The fourth-order valence-corrected chi connectivity index (χ4v) is 14.9. The minimum atomic E-state index is -2.34. The van der Waals surface area contributed by atoms with Crippen LogP contribution in [0.5, 0.6) is 0 Å². The minimum Gasteiger partial charge on any atom is -1.00 e. The molecule has 0 aromatic carbocycles. The number of halogens is 2. The van der Waals surface area contributed by atoms with Crippen molar-refractivity contribution in [1.82, 2.24) is 0 Å². The average Bonchev–Trinajstić information content (AvgIpc) is 3.13. The van der Waals surface area contributed by atoms with Crippen molar-refractivity contribution < 1.29 is 50.2 Å². The van der Waals surface area contributed by atoms with E-state index in [-0.39, 0.29) is 24.8 Å². The Kier molecular flexibility index (Phi) is 6.33. The first kappa shape index (κ1) is 22.5. The minimum absolute atomic E-state index is 0. The molecular formula is C24H26Cl2O2Ti. The molecule has 5 heteroatoms. The van der Waals surface area contributed by atoms with E-state index in [2.05, 4.69) is 52.0 Å². The molecule has 29 heavy (non-hydrogen) atoms. The molecule has 2 aromatic rings. The molecular weight excluding hydrogens is 439 g/mol. The van der Waals surface area contributed by atoms with Gasteiger partial charge in [0.1, 0.15) is 0 Å². The van der Waals surface area contributed by atoms with Gasteiger partial charge in [-0.05, 0) is 0 Å². The van der Waals surface area contributed by atoms with Crippen molar-refractivity contribution in [2.75, 3.05) is 0 Å². The molecule has 2 nitrogen and oxygen atoms in total. The molecule has 0 bridgehead atoms. The first-order valence-corrected chi connectivity index (χ1v) is 13.7. The van der Waals surface area contributed by atoms with Crippen LogP contribution in [0.25, 0.3) is 11.1 Å². The molecule has 0 amide bonds. The van der Waals surface area contributed by atoms with E-state index in [1.54, 1.807) is 20.3 Å². The van der Waals surface area contributed by atoms with Crippen LogP contribution >= 0.6 is 0 Å². The molecule has 2 unspecified atom stereocenters. The smallest absolute Gasteiger partial charge is 1.00 e. The van der Waals surface area contributed by atoms with E-state index in [1.807, 2.05) is 12.1 Å². The van der Waals surface area contributed by atoms with Gasteiger partial charge in [0.25, 0.3) is 0 Å². The third-order valence-electron chi connectivity index (χ3n) is 6.91. The van der Waals surface area contributed by atoms with Crippen molar-refractivity contribution >= 4 is 11.1 Å². The van der Waals surface area contributed by atoms with Gasteiger partial charge >= 0.3 is 165 Å². The zero-order chi connectivity index (χ0) is 18.8. The first-order valence-electron chi connectivity index (χ1n) is 9.96. The van der Waals surface area contributed by atoms with Crippen molar-refractivity contribution in [1.29, 1.82) is 0 Å². The van der Waals surface area contributed by atoms with Crippen LogP contribution in [-0.2, 0) is 16.6 Å². The van der Waals surface area contributed by atoms with Gasteiger partial charge in [0.2, 0.25) is 0 Å². The summed E-state index contributed by atoms with van der Waals surface area (Å²) in [5.74, 6) is 3.15. The van der Waals surface area contributed by atoms with Crippen LogP contribution in [0, 0.1) is 11.8 Å². The SMILES string of the molecule is CC1=CC(c2ccco2)=[C]([Ti+2]2([C]3=C(c4ccco4)C=C(C)C3C)[CH2][CH2]2)C1C.[Cl-].[Cl-]. The van der Waals surface area contributed by atoms with Crippen LogP contribution in [0.1, 0.15) is 39.2 Å². The van der Waals surface area contributed by atoms with Gasteiger partial charge in [-0.2, -0.15) is 0 Å². The molecule has 3 heterocycles. The van der Waals surface area contributed by atoms with Gasteiger partial charge < -0.3 is 24.8 Å². The van der Waals surface area contributed by atoms with E-state index in [1.165, 1.54) is 31.7 Å². The molecule has 1 saturated heterocycles. The zero-order valence-corrected chi connectivity index (χ0v) is 20.3. The number of allylic oxidation sites excluding steroid dienone is 8. The van der Waals surface area contributed by atoms with Crippen molar-refractivity contribution in [3.8, 4) is 0 Å². The molecule has 152 valence electrons. The number of hydrogen-bond donors (Lipinski definition) is 0. The van der Waals surface area contributed by atoms with E-state index < -0.39 is 16.6 Å². The standard InChI is InChI=1S/2C11H11O.C2H4.2ClH.Ti/c2*1-8-6-10(7-9(8)2)11-4-3-5-12-11;1-2;;;/h2*3-6,9H,1-2H3;1-2H2;2*1H;/q;;;;;+2/p-2. The maximum atomic E-state index is 5.86. The summed E-state index contributed by atoms with van der Waals surface area (Å²) in [6.07, 6.45) is 8.38. The summed E-state index contributed by atoms with van der Waals surface area (Å²) in [6.45, 7) is 9.36. The van der Waals surface area contributed by atoms with Crippen LogP contribution < -0.4 is 24.8 Å². The summed E-state index contributed by atoms with van der Waals surface area (Å²) in [4.78, 5) is 0. The van der Waals surface area contributed by atoms with Gasteiger partial charge in [-0.15, -0.1) is 0 Å². The van der Waals surface area contributed by atoms with E-state index in [9.17, 15) is 0 Å². The monoisotopic (exact) mass is 464 g/mol. The second-order valence-corrected chi connectivity index (χ2v) is 15.0. The van der Waals surface area contributed by atoms with Crippen LogP contribution in [0.4, 0.5) is 0 Å². The third kappa shape index (κ3) is 3.39. The van der Waals surface area contributed by atoms with Crippen molar-refractivity contribution in [3.05, 3.63) is 79.4 Å². The summed E-state index contributed by atoms with van der Waals surface area (Å²) in [5.41, 5.74) is 5.71. The van der Waals surface area contributed by atoms with Gasteiger partial charge in [-0.1, -0.05) is 0 Å². The number of rotatable bonds is 4. The van der Waals surface area contributed by atoms with E-state index >= 15 is 0 Å². The van der Waals surface area contributed by atoms with Crippen LogP contribution in [0.2, 0.25) is 9.45 Å². The Morgan fingerprint density at radius 2 is 1.17 bits per heavy atom. The number of hydrogen-bond acceptors (Lipinski definition) is 2. The average molecular weight is 465 g/mol. The van der Waals surface area contributed by atoms with Gasteiger partial charge in [0, 0.05) is 0 Å². The topological polar surface area (TPSA) is 26.3 Å². The molecule has 1 aliphatic heterocycles. The normalized spacial score (nSPS) is 23.7. The van der Waals surface area contributed by atoms with E-state index in [4.69, 9.17) is 8.83 Å². The Balaban J connectivity index is 0.00000120. The van der Waals surface area contributed by atoms with Gasteiger partial charge in [0.15, 0.2) is 0 Å². The van der Waals surface area contributed by atoms with Gasteiger partial charge in [-0.25, -0.2) is 0 Å². The van der Waals surface area contributed by atoms with E-state index in [0.717, 1.165) is 11.5 Å². The summed E-state index contributed by atoms with van der Waals surface area (Å²) in [7, 11) is 0. The quantitative estimate of drug-likeness (QED) is 0.635. The number of furan rings is 2. The van der Waals surface area contributed by atoms with Crippen LogP contribution in [0.3, 0.4) is 0 Å². The summed E-state index contributed by atoms with van der Waals surface area (Å²) in [5, 5.41) is 0. The molecule has 2 atom stereocenters. The Labute approximate surface area is 189 Å². The predicted molar refractivity (Wildman–Crippen MR) is 107 cm³/mol. The molecule has 2 aromatic heterocycles. The van der Waals surface area contributed by atoms with Gasteiger partial charge in [-0.3, -0.25) is 0 Å². The maximum Gasteiger partial charge on any atom is -1.00 e. The van der Waals surface area contributed by atoms with Crippen LogP contribution in [0.15, 0.2) is 76.7 Å². The fourth-order valence-electron chi connectivity index (χ4n) is 5.21. The third-order valence-corrected chi connectivity index (χ3v) is 14.7. The molecule has 0 saturated carbocycles. The molecule has 0 spiro atoms. The Morgan fingerprint density at radius 3 is 1.48 bits per heavy atom. The van der Waals surface area contributed by atoms with E-state index in [0.29, 0.717) is 11.8 Å². The second kappa shape index (κ2) is 8.15. The fraction of sp³-hybridized carbons (Fsp3) is 0.333. The molecule has 0 N–H and O–H groups in total. The molecule has 1 fully saturated rings. The van der Waals surface area contributed by atoms with Crippen molar-refractivity contribution in [2.45, 2.75) is 37.1 Å². The Morgan fingerprint density at radius 1 is 0.759 bits per heavy atom. The summed E-state index contributed by atoms with van der Waals surface area (Å²) < 4.78 is 18.0. The summed E-state index contributed by atoms with van der Waals surface area (Å²) >= 11 is -2.34. The second-order valence-electron chi connectivity index (χ2n) is 8.41. The molecule has 5 rings (SSSR count). The van der Waals surface area contributed by atoms with Crippen molar-refractivity contribution in [3.63, 3.8) is 0 Å². The summed E-state index contributed by atoms with van der Waals surface area (Å²) in [6, 6.07) is 8.27. The molecule has 0 radical (unpaired) electrons. The molecule has 3 aliphatic rings. The van der Waals surface area contributed by atoms with Crippen molar-refractivity contribution in [2.24, 2.45) is 11.8 Å². The maximum absolute atomic E-state index is 5.86.